The van der Waals surface area contributed by atoms with Crippen molar-refractivity contribution in [3.05, 3.63) is 29.3 Å². The molecule has 104 valence electrons. The average molecular weight is 261 g/mol. The number of rotatable bonds is 3. The molecule has 3 atom stereocenters. The summed E-state index contributed by atoms with van der Waals surface area (Å²) in [6.07, 6.45) is 3.10. The summed E-state index contributed by atoms with van der Waals surface area (Å²) in [5.41, 5.74) is 3.88. The Morgan fingerprint density at radius 2 is 1.84 bits per heavy atom. The highest BCUT2D eigenvalue weighted by molar-refractivity contribution is 5.49. The van der Waals surface area contributed by atoms with Gasteiger partial charge in [-0.25, -0.2) is 0 Å². The first-order valence-electron chi connectivity index (χ1n) is 7.29. The number of anilines is 1. The number of fused-ring (bicyclic) bond motifs is 1. The molecule has 1 fully saturated rings. The van der Waals surface area contributed by atoms with Crippen molar-refractivity contribution in [1.82, 2.24) is 0 Å². The van der Waals surface area contributed by atoms with Gasteiger partial charge in [0.2, 0.25) is 0 Å². The average Bonchev–Trinajstić information content (AvgIpc) is 2.82. The molecule has 1 unspecified atom stereocenters. The molecular formula is C16H23NO2. The van der Waals surface area contributed by atoms with E-state index in [-0.39, 0.29) is 0 Å². The summed E-state index contributed by atoms with van der Waals surface area (Å²) in [6, 6.07) is 6.58. The zero-order valence-electron chi connectivity index (χ0n) is 11.8. The van der Waals surface area contributed by atoms with Crippen molar-refractivity contribution >= 4 is 5.69 Å². The summed E-state index contributed by atoms with van der Waals surface area (Å²) in [4.78, 5) is 0. The number of ether oxygens (including phenoxy) is 2. The van der Waals surface area contributed by atoms with Crippen LogP contribution in [0.4, 0.5) is 5.69 Å². The normalized spacial score (nSPS) is 30.1. The Balaban J connectivity index is 1.57. The first-order valence-corrected chi connectivity index (χ1v) is 7.29. The number of hydrogen-bond donors (Lipinski definition) is 1. The van der Waals surface area contributed by atoms with Gasteiger partial charge in [-0.1, -0.05) is 6.07 Å². The van der Waals surface area contributed by atoms with Crippen LogP contribution in [0.3, 0.4) is 0 Å². The van der Waals surface area contributed by atoms with Gasteiger partial charge in [-0.2, -0.15) is 0 Å². The third kappa shape index (κ3) is 3.10. The van der Waals surface area contributed by atoms with E-state index in [9.17, 15) is 0 Å². The van der Waals surface area contributed by atoms with E-state index in [4.69, 9.17) is 9.47 Å². The van der Waals surface area contributed by atoms with Gasteiger partial charge in [-0.05, 0) is 55.9 Å². The summed E-state index contributed by atoms with van der Waals surface area (Å²) in [6.45, 7) is 6.92. The Morgan fingerprint density at radius 3 is 2.63 bits per heavy atom. The van der Waals surface area contributed by atoms with Crippen LogP contribution in [0, 0.1) is 5.92 Å². The van der Waals surface area contributed by atoms with Crippen LogP contribution >= 0.6 is 0 Å². The van der Waals surface area contributed by atoms with Crippen molar-refractivity contribution < 1.29 is 9.47 Å². The van der Waals surface area contributed by atoms with Crippen molar-refractivity contribution in [2.45, 2.75) is 52.1 Å². The fourth-order valence-electron chi connectivity index (χ4n) is 3.25. The predicted molar refractivity (Wildman–Crippen MR) is 76.2 cm³/mol. The van der Waals surface area contributed by atoms with Gasteiger partial charge in [0, 0.05) is 12.2 Å². The lowest BCUT2D eigenvalue weighted by Crippen LogP contribution is -2.32. The highest BCUT2D eigenvalue weighted by atomic mass is 16.5. The molecule has 2 aliphatic heterocycles. The van der Waals surface area contributed by atoms with Crippen molar-refractivity contribution in [2.24, 2.45) is 5.92 Å². The fourth-order valence-corrected chi connectivity index (χ4v) is 3.25. The van der Waals surface area contributed by atoms with Gasteiger partial charge < -0.3 is 14.8 Å². The maximum Gasteiger partial charge on any atom is 0.0725 e. The quantitative estimate of drug-likeness (QED) is 0.905. The van der Waals surface area contributed by atoms with Gasteiger partial charge in [0.05, 0.1) is 25.4 Å². The van der Waals surface area contributed by atoms with Crippen LogP contribution in [-0.2, 0) is 22.7 Å². The molecule has 1 aromatic rings. The van der Waals surface area contributed by atoms with Gasteiger partial charge in [0.25, 0.3) is 0 Å². The van der Waals surface area contributed by atoms with Crippen LogP contribution < -0.4 is 5.32 Å². The molecule has 0 bridgehead atoms. The minimum absolute atomic E-state index is 0.393. The lowest BCUT2D eigenvalue weighted by atomic mass is 9.92. The molecule has 0 spiro atoms. The molecule has 1 N–H and O–H groups in total. The van der Waals surface area contributed by atoms with Crippen LogP contribution in [0.15, 0.2) is 18.2 Å². The molecule has 1 aromatic carbocycles. The van der Waals surface area contributed by atoms with Crippen molar-refractivity contribution in [2.75, 3.05) is 11.9 Å². The second-order valence-electron chi connectivity index (χ2n) is 5.95. The zero-order chi connectivity index (χ0) is 13.2. The molecule has 0 aliphatic carbocycles. The molecule has 0 aromatic heterocycles. The van der Waals surface area contributed by atoms with Gasteiger partial charge in [-0.3, -0.25) is 0 Å². The molecular weight excluding hydrogens is 238 g/mol. The van der Waals surface area contributed by atoms with Crippen molar-refractivity contribution in [3.8, 4) is 0 Å². The van der Waals surface area contributed by atoms with Gasteiger partial charge in [0.1, 0.15) is 0 Å². The van der Waals surface area contributed by atoms with Crippen LogP contribution in [0.25, 0.3) is 0 Å². The molecule has 0 saturated carbocycles. The standard InChI is InChI=1S/C16H23NO2/c1-11-5-13(6-12(2)19-11)8-17-16-4-3-14-9-18-10-15(14)7-16/h3-4,7,11-13,17H,5-6,8-10H2,1-2H3/t11-,12+,13?. The topological polar surface area (TPSA) is 30.5 Å². The van der Waals surface area contributed by atoms with Crippen LogP contribution in [0.5, 0.6) is 0 Å². The van der Waals surface area contributed by atoms with E-state index in [0.717, 1.165) is 32.6 Å². The molecule has 1 saturated heterocycles. The van der Waals surface area contributed by atoms with Crippen LogP contribution in [0.1, 0.15) is 37.8 Å². The Hall–Kier alpha value is -1.06. The minimum atomic E-state index is 0.393. The molecule has 3 heteroatoms. The van der Waals surface area contributed by atoms with E-state index >= 15 is 0 Å². The van der Waals surface area contributed by atoms with E-state index in [2.05, 4.69) is 37.4 Å². The number of nitrogens with one attached hydrogen (secondary N) is 1. The van der Waals surface area contributed by atoms with E-state index in [1.807, 2.05) is 0 Å². The third-order valence-electron chi connectivity index (χ3n) is 4.11. The van der Waals surface area contributed by atoms with Crippen LogP contribution in [0.2, 0.25) is 0 Å². The maximum atomic E-state index is 5.78. The molecule has 3 nitrogen and oxygen atoms in total. The largest absolute Gasteiger partial charge is 0.385 e. The molecule has 2 aliphatic rings. The first kappa shape index (κ1) is 12.9. The lowest BCUT2D eigenvalue weighted by Gasteiger charge is -2.32. The van der Waals surface area contributed by atoms with E-state index in [1.165, 1.54) is 16.8 Å². The van der Waals surface area contributed by atoms with E-state index in [0.29, 0.717) is 18.1 Å². The Labute approximate surface area is 115 Å². The monoisotopic (exact) mass is 261 g/mol. The summed E-state index contributed by atoms with van der Waals surface area (Å²) in [5.74, 6) is 0.711. The Kier molecular flexibility index (Phi) is 3.76. The fraction of sp³-hybridized carbons (Fsp3) is 0.625. The van der Waals surface area contributed by atoms with Gasteiger partial charge >= 0.3 is 0 Å². The highest BCUT2D eigenvalue weighted by Crippen LogP contribution is 2.26. The lowest BCUT2D eigenvalue weighted by molar-refractivity contribution is -0.0495. The highest BCUT2D eigenvalue weighted by Gasteiger charge is 2.24. The summed E-state index contributed by atoms with van der Waals surface area (Å²) in [5, 5.41) is 3.57. The van der Waals surface area contributed by atoms with Crippen molar-refractivity contribution in [3.63, 3.8) is 0 Å². The van der Waals surface area contributed by atoms with Gasteiger partial charge in [0.15, 0.2) is 0 Å². The smallest absolute Gasteiger partial charge is 0.0725 e. The van der Waals surface area contributed by atoms with Crippen molar-refractivity contribution in [1.29, 1.82) is 0 Å². The minimum Gasteiger partial charge on any atom is -0.385 e. The Bertz CT molecular complexity index is 436. The molecule has 0 amide bonds. The second kappa shape index (κ2) is 5.51. The molecule has 2 heterocycles. The number of hydrogen-bond acceptors (Lipinski definition) is 3. The summed E-state index contributed by atoms with van der Waals surface area (Å²) in [7, 11) is 0. The zero-order valence-corrected chi connectivity index (χ0v) is 11.8. The Morgan fingerprint density at radius 1 is 1.11 bits per heavy atom. The summed E-state index contributed by atoms with van der Waals surface area (Å²) >= 11 is 0. The third-order valence-corrected chi connectivity index (χ3v) is 4.11. The SMILES string of the molecule is C[C@@H]1CC(CNc2ccc3c(c2)COC3)C[C@H](C)O1. The summed E-state index contributed by atoms with van der Waals surface area (Å²) < 4.78 is 11.2. The predicted octanol–water partition coefficient (Wildman–Crippen LogP) is 3.33. The first-order chi connectivity index (χ1) is 9.20. The van der Waals surface area contributed by atoms with Crippen LogP contribution in [-0.4, -0.2) is 18.8 Å². The second-order valence-corrected chi connectivity index (χ2v) is 5.95. The van der Waals surface area contributed by atoms with Gasteiger partial charge in [-0.15, -0.1) is 0 Å². The number of benzene rings is 1. The molecule has 0 radical (unpaired) electrons. The maximum absolute atomic E-state index is 5.78. The van der Waals surface area contributed by atoms with E-state index < -0.39 is 0 Å². The van der Waals surface area contributed by atoms with E-state index in [1.54, 1.807) is 0 Å². The molecule has 19 heavy (non-hydrogen) atoms. The molecule has 3 rings (SSSR count).